The lowest BCUT2D eigenvalue weighted by Crippen LogP contribution is -2.31. The minimum absolute atomic E-state index is 0.960. The van der Waals surface area contributed by atoms with Gasteiger partial charge in [0.1, 0.15) is 0 Å². The van der Waals surface area contributed by atoms with Crippen LogP contribution < -0.4 is 0 Å². The standard InChI is InChI=1S/C12H27BrOSi/c1-4-7-10-14-15(13,11-8-5-2)12-9-6-3/h4-12H2,1-3H3. The summed E-state index contributed by atoms with van der Waals surface area (Å²) in [6.45, 7) is 6.18. The Morgan fingerprint density at radius 2 is 1.33 bits per heavy atom. The van der Waals surface area contributed by atoms with Gasteiger partial charge in [-0.2, -0.15) is 0 Å². The Balaban J connectivity index is 3.89. The molecule has 0 aromatic rings. The van der Waals surface area contributed by atoms with Crippen molar-refractivity contribution in [3.63, 3.8) is 0 Å². The van der Waals surface area contributed by atoms with Crippen molar-refractivity contribution in [3.8, 4) is 0 Å². The Morgan fingerprint density at radius 1 is 0.867 bits per heavy atom. The highest BCUT2D eigenvalue weighted by molar-refractivity contribution is 9.25. The highest BCUT2D eigenvalue weighted by Gasteiger charge is 2.30. The van der Waals surface area contributed by atoms with Crippen LogP contribution in [0.1, 0.15) is 59.3 Å². The molecule has 0 amide bonds. The normalized spacial score (nSPS) is 12.0. The lowest BCUT2D eigenvalue weighted by atomic mass is 10.4. The minimum atomic E-state index is -1.52. The first kappa shape index (κ1) is 15.7. The van der Waals surface area contributed by atoms with Crippen LogP contribution in [0.15, 0.2) is 0 Å². The third-order valence-electron chi connectivity index (χ3n) is 2.67. The molecule has 0 aromatic carbocycles. The van der Waals surface area contributed by atoms with Gasteiger partial charge in [0.25, 0.3) is 6.94 Å². The Kier molecular flexibility index (Phi) is 10.3. The van der Waals surface area contributed by atoms with Gasteiger partial charge in [0.05, 0.1) is 0 Å². The van der Waals surface area contributed by atoms with Crippen LogP contribution in [0.5, 0.6) is 0 Å². The summed E-state index contributed by atoms with van der Waals surface area (Å²) in [7, 11) is 0. The van der Waals surface area contributed by atoms with Crippen LogP contribution in [0.3, 0.4) is 0 Å². The molecule has 0 radical (unpaired) electrons. The zero-order chi connectivity index (χ0) is 11.6. The Morgan fingerprint density at radius 3 is 1.73 bits per heavy atom. The molecule has 0 fully saturated rings. The molecule has 0 unspecified atom stereocenters. The maximum absolute atomic E-state index is 6.13. The first-order valence-corrected chi connectivity index (χ1v) is 11.1. The quantitative estimate of drug-likeness (QED) is 0.304. The van der Waals surface area contributed by atoms with Crippen molar-refractivity contribution >= 4 is 22.2 Å². The van der Waals surface area contributed by atoms with Gasteiger partial charge in [0, 0.05) is 6.61 Å². The first-order valence-electron chi connectivity index (χ1n) is 6.51. The van der Waals surface area contributed by atoms with Crippen LogP contribution in [0.2, 0.25) is 12.1 Å². The van der Waals surface area contributed by atoms with Gasteiger partial charge in [-0.05, 0) is 18.5 Å². The second-order valence-electron chi connectivity index (χ2n) is 4.29. The van der Waals surface area contributed by atoms with Crippen molar-refractivity contribution < 1.29 is 4.43 Å². The van der Waals surface area contributed by atoms with Crippen LogP contribution in [-0.2, 0) is 4.43 Å². The van der Waals surface area contributed by atoms with Crippen LogP contribution in [0.4, 0.5) is 0 Å². The maximum Gasteiger partial charge on any atom is 0.263 e. The van der Waals surface area contributed by atoms with E-state index in [-0.39, 0.29) is 0 Å². The molecular formula is C12H27BrOSi. The predicted octanol–water partition coefficient (Wildman–Crippen LogP) is 5.24. The van der Waals surface area contributed by atoms with Gasteiger partial charge in [-0.25, -0.2) is 0 Å². The van der Waals surface area contributed by atoms with E-state index in [2.05, 4.69) is 36.1 Å². The van der Waals surface area contributed by atoms with Gasteiger partial charge in [-0.15, -0.1) is 0 Å². The van der Waals surface area contributed by atoms with Crippen molar-refractivity contribution in [2.75, 3.05) is 6.61 Å². The molecule has 0 spiro atoms. The van der Waals surface area contributed by atoms with Gasteiger partial charge < -0.3 is 4.43 Å². The maximum atomic E-state index is 6.13. The molecule has 0 heterocycles. The van der Waals surface area contributed by atoms with E-state index in [0.717, 1.165) is 6.61 Å². The molecule has 0 aromatic heterocycles. The first-order chi connectivity index (χ1) is 7.18. The molecule has 15 heavy (non-hydrogen) atoms. The predicted molar refractivity (Wildman–Crippen MR) is 75.0 cm³/mol. The molecule has 92 valence electrons. The van der Waals surface area contributed by atoms with E-state index in [4.69, 9.17) is 4.43 Å². The molecule has 1 nitrogen and oxygen atoms in total. The lowest BCUT2D eigenvalue weighted by molar-refractivity contribution is 0.303. The highest BCUT2D eigenvalue weighted by Crippen LogP contribution is 2.29. The fourth-order valence-electron chi connectivity index (χ4n) is 1.55. The molecule has 0 aliphatic heterocycles. The summed E-state index contributed by atoms with van der Waals surface area (Å²) >= 11 is 3.93. The van der Waals surface area contributed by atoms with Crippen LogP contribution in [-0.4, -0.2) is 13.5 Å². The third kappa shape index (κ3) is 8.46. The molecule has 0 aliphatic rings. The zero-order valence-electron chi connectivity index (χ0n) is 10.7. The van der Waals surface area contributed by atoms with Crippen LogP contribution >= 0.6 is 15.3 Å². The van der Waals surface area contributed by atoms with Gasteiger partial charge in [0.2, 0.25) is 0 Å². The second-order valence-corrected chi connectivity index (χ2v) is 11.7. The molecule has 0 N–H and O–H groups in total. The molecule has 3 heteroatoms. The Hall–Kier alpha value is 0.657. The molecule has 0 aliphatic carbocycles. The molecule has 0 saturated heterocycles. The largest absolute Gasteiger partial charge is 0.406 e. The van der Waals surface area contributed by atoms with E-state index in [1.54, 1.807) is 0 Å². The fourth-order valence-corrected chi connectivity index (χ4v) is 6.53. The minimum Gasteiger partial charge on any atom is -0.406 e. The fraction of sp³-hybridized carbons (Fsp3) is 1.00. The smallest absolute Gasteiger partial charge is 0.263 e. The molecule has 0 saturated carbocycles. The summed E-state index contributed by atoms with van der Waals surface area (Å²) in [5.74, 6) is 0. The topological polar surface area (TPSA) is 9.23 Å². The molecule has 0 bridgehead atoms. The van der Waals surface area contributed by atoms with Gasteiger partial charge in [-0.1, -0.05) is 68.2 Å². The Bertz CT molecular complexity index is 134. The summed E-state index contributed by atoms with van der Waals surface area (Å²) < 4.78 is 6.13. The van der Waals surface area contributed by atoms with E-state index in [9.17, 15) is 0 Å². The molecule has 0 rings (SSSR count). The van der Waals surface area contributed by atoms with E-state index >= 15 is 0 Å². The van der Waals surface area contributed by atoms with Crippen molar-refractivity contribution in [2.45, 2.75) is 71.4 Å². The number of hydrogen-bond acceptors (Lipinski definition) is 1. The van der Waals surface area contributed by atoms with E-state index < -0.39 is 6.94 Å². The summed E-state index contributed by atoms with van der Waals surface area (Å²) in [6.07, 6.45) is 7.63. The lowest BCUT2D eigenvalue weighted by Gasteiger charge is -2.25. The average molecular weight is 295 g/mol. The SMILES string of the molecule is CCCCO[Si](Br)(CCCC)CCCC. The highest BCUT2D eigenvalue weighted by atomic mass is 79.9. The second kappa shape index (κ2) is 9.85. The summed E-state index contributed by atoms with van der Waals surface area (Å²) in [4.78, 5) is 0. The third-order valence-corrected chi connectivity index (χ3v) is 8.65. The molecule has 0 atom stereocenters. The van der Waals surface area contributed by atoms with E-state index in [1.807, 2.05) is 0 Å². The van der Waals surface area contributed by atoms with Crippen LogP contribution in [0.25, 0.3) is 0 Å². The zero-order valence-corrected chi connectivity index (χ0v) is 13.2. The van der Waals surface area contributed by atoms with Crippen molar-refractivity contribution in [1.82, 2.24) is 0 Å². The Labute approximate surface area is 105 Å². The summed E-state index contributed by atoms with van der Waals surface area (Å²) in [5, 5.41) is 0. The number of hydrogen-bond donors (Lipinski definition) is 0. The van der Waals surface area contributed by atoms with Crippen molar-refractivity contribution in [1.29, 1.82) is 0 Å². The van der Waals surface area contributed by atoms with E-state index in [1.165, 1.54) is 50.6 Å². The molecular weight excluding hydrogens is 268 g/mol. The van der Waals surface area contributed by atoms with E-state index in [0.29, 0.717) is 0 Å². The average Bonchev–Trinajstić information content (AvgIpc) is 2.24. The number of rotatable bonds is 10. The number of halogens is 1. The number of unbranched alkanes of at least 4 members (excludes halogenated alkanes) is 3. The van der Waals surface area contributed by atoms with Gasteiger partial charge in [-0.3, -0.25) is 0 Å². The monoisotopic (exact) mass is 294 g/mol. The van der Waals surface area contributed by atoms with Crippen LogP contribution in [0, 0.1) is 0 Å². The van der Waals surface area contributed by atoms with Crippen molar-refractivity contribution in [3.05, 3.63) is 0 Å². The van der Waals surface area contributed by atoms with Gasteiger partial charge >= 0.3 is 0 Å². The van der Waals surface area contributed by atoms with Gasteiger partial charge in [0.15, 0.2) is 0 Å². The summed E-state index contributed by atoms with van der Waals surface area (Å²) in [5.41, 5.74) is 0. The summed E-state index contributed by atoms with van der Waals surface area (Å²) in [6, 6.07) is 2.57. The van der Waals surface area contributed by atoms with Crippen molar-refractivity contribution in [2.24, 2.45) is 0 Å².